The van der Waals surface area contributed by atoms with Crippen molar-refractivity contribution in [3.8, 4) is 11.3 Å². The highest BCUT2D eigenvalue weighted by Crippen LogP contribution is 2.32. The third kappa shape index (κ3) is 5.72. The van der Waals surface area contributed by atoms with Crippen molar-refractivity contribution in [2.45, 2.75) is 25.7 Å². The minimum Gasteiger partial charge on any atom is -0.481 e. The number of carboxylic acids is 1. The molecule has 162 valence electrons. The van der Waals surface area contributed by atoms with Gasteiger partial charge < -0.3 is 9.52 Å². The van der Waals surface area contributed by atoms with Gasteiger partial charge in [-0.1, -0.05) is 29.6 Å². The highest BCUT2D eigenvalue weighted by atomic mass is 35.5. The summed E-state index contributed by atoms with van der Waals surface area (Å²) < 4.78 is 5.74. The van der Waals surface area contributed by atoms with Crippen LogP contribution in [0.4, 0.5) is 0 Å². The summed E-state index contributed by atoms with van der Waals surface area (Å²) in [5.41, 5.74) is 0.472. The molecule has 2 N–H and O–H groups in total. The number of unbranched alkanes of at least 4 members (excludes halogenated alkanes) is 2. The minimum atomic E-state index is -0.862. The monoisotopic (exact) mass is 480 g/mol. The number of furan rings is 1. The fourth-order valence-corrected chi connectivity index (χ4v) is 3.67. The number of nitrogens with one attached hydrogen (secondary N) is 1. The van der Waals surface area contributed by atoms with E-state index in [1.165, 1.54) is 11.0 Å². The summed E-state index contributed by atoms with van der Waals surface area (Å²) in [4.78, 5) is 37.0. The highest BCUT2D eigenvalue weighted by Gasteiger charge is 2.33. The van der Waals surface area contributed by atoms with E-state index < -0.39 is 17.8 Å². The van der Waals surface area contributed by atoms with Gasteiger partial charge in [0.25, 0.3) is 11.8 Å². The number of halogens is 2. The molecular weight excluding hydrogens is 463 g/mol. The summed E-state index contributed by atoms with van der Waals surface area (Å²) in [6.07, 6.45) is 3.09. The fourth-order valence-electron chi connectivity index (χ4n) is 3.02. The molecule has 1 aromatic carbocycles. The number of amides is 2. The molecule has 1 aromatic heterocycles. The van der Waals surface area contributed by atoms with Crippen LogP contribution in [0.2, 0.25) is 10.0 Å². The van der Waals surface area contributed by atoms with E-state index in [4.69, 9.17) is 44.9 Å². The Morgan fingerprint density at radius 3 is 2.68 bits per heavy atom. The Labute approximate surface area is 193 Å². The molecule has 1 saturated heterocycles. The van der Waals surface area contributed by atoms with Gasteiger partial charge >= 0.3 is 5.97 Å². The lowest BCUT2D eigenvalue weighted by Gasteiger charge is -2.28. The number of carboxylic acid groups (broad SMARTS) is 1. The maximum atomic E-state index is 12.8. The van der Waals surface area contributed by atoms with Crippen molar-refractivity contribution in [2.24, 2.45) is 0 Å². The molecule has 1 fully saturated rings. The molecule has 2 aromatic rings. The molecule has 1 aliphatic rings. The molecule has 0 saturated carbocycles. The van der Waals surface area contributed by atoms with Crippen molar-refractivity contribution in [3.05, 3.63) is 51.7 Å². The van der Waals surface area contributed by atoms with Crippen LogP contribution in [0.1, 0.15) is 31.4 Å². The van der Waals surface area contributed by atoms with E-state index in [0.29, 0.717) is 46.4 Å². The molecule has 0 aliphatic carbocycles. The predicted molar refractivity (Wildman–Crippen MR) is 121 cm³/mol. The first-order valence-electron chi connectivity index (χ1n) is 9.42. The van der Waals surface area contributed by atoms with Crippen LogP contribution in [0.15, 0.2) is 40.3 Å². The molecule has 10 heteroatoms. The fraction of sp³-hybridized carbons (Fsp3) is 0.238. The molecule has 0 radical (unpaired) electrons. The first-order chi connectivity index (χ1) is 14.8. The molecule has 0 atom stereocenters. The van der Waals surface area contributed by atoms with Gasteiger partial charge in [-0.15, -0.1) is 0 Å². The van der Waals surface area contributed by atoms with Crippen molar-refractivity contribution in [1.82, 2.24) is 10.2 Å². The molecular formula is C21H18Cl2N2O5S. The number of hydrogen-bond acceptors (Lipinski definition) is 5. The normalized spacial score (nSPS) is 15.5. The lowest BCUT2D eigenvalue weighted by molar-refractivity contribution is -0.137. The number of thiocarbonyl (C=S) groups is 1. The lowest BCUT2D eigenvalue weighted by Crippen LogP contribution is -2.54. The minimum absolute atomic E-state index is 0.0243. The van der Waals surface area contributed by atoms with E-state index in [9.17, 15) is 14.4 Å². The van der Waals surface area contributed by atoms with Gasteiger partial charge in [-0.05, 0) is 61.5 Å². The van der Waals surface area contributed by atoms with E-state index in [0.717, 1.165) is 0 Å². The smallest absolute Gasteiger partial charge is 0.303 e. The summed E-state index contributed by atoms with van der Waals surface area (Å²) in [5, 5.41) is 12.2. The molecule has 3 rings (SSSR count). The highest BCUT2D eigenvalue weighted by molar-refractivity contribution is 7.80. The van der Waals surface area contributed by atoms with Crippen LogP contribution < -0.4 is 5.32 Å². The Kier molecular flexibility index (Phi) is 7.48. The summed E-state index contributed by atoms with van der Waals surface area (Å²) in [5.74, 6) is -1.28. The standard InChI is InChI=1S/C21H18Cl2N2O5S/c22-12-5-7-16(23)14(10-12)17-8-6-13(30-17)11-15-19(28)24-21(31)25(20(15)29)9-3-1-2-4-18(26)27/h5-8,10-11H,1-4,9H2,(H,26,27)(H,24,28,31)/b15-11+. The molecule has 7 nitrogen and oxygen atoms in total. The average Bonchev–Trinajstić information content (AvgIpc) is 3.17. The molecule has 0 bridgehead atoms. The Morgan fingerprint density at radius 1 is 1.16 bits per heavy atom. The number of benzene rings is 1. The summed E-state index contributed by atoms with van der Waals surface area (Å²) >= 11 is 17.3. The van der Waals surface area contributed by atoms with Crippen LogP contribution in [0.5, 0.6) is 0 Å². The van der Waals surface area contributed by atoms with Gasteiger partial charge in [0, 0.05) is 23.6 Å². The van der Waals surface area contributed by atoms with Gasteiger partial charge in [-0.25, -0.2) is 0 Å². The average molecular weight is 481 g/mol. The maximum absolute atomic E-state index is 12.8. The summed E-state index contributed by atoms with van der Waals surface area (Å²) in [7, 11) is 0. The lowest BCUT2D eigenvalue weighted by atomic mass is 10.1. The third-order valence-electron chi connectivity index (χ3n) is 4.57. The first-order valence-corrected chi connectivity index (χ1v) is 10.6. The molecule has 2 heterocycles. The van der Waals surface area contributed by atoms with E-state index in [1.807, 2.05) is 0 Å². The zero-order chi connectivity index (χ0) is 22.5. The van der Waals surface area contributed by atoms with Crippen molar-refractivity contribution >= 4 is 64.4 Å². The number of nitrogens with zero attached hydrogens (tertiary/aromatic N) is 1. The molecule has 0 unspecified atom stereocenters. The molecule has 1 aliphatic heterocycles. The number of aliphatic carboxylic acids is 1. The summed E-state index contributed by atoms with van der Waals surface area (Å²) in [6.45, 7) is 0.274. The van der Waals surface area contributed by atoms with Crippen LogP contribution in [0.25, 0.3) is 17.4 Å². The number of hydrogen-bond donors (Lipinski definition) is 2. The first kappa shape index (κ1) is 23.0. The van der Waals surface area contributed by atoms with Gasteiger partial charge in [-0.2, -0.15) is 0 Å². The Bertz CT molecular complexity index is 1080. The number of carbonyl (C=O) groups excluding carboxylic acids is 2. The van der Waals surface area contributed by atoms with E-state index in [2.05, 4.69) is 5.32 Å². The zero-order valence-electron chi connectivity index (χ0n) is 16.2. The van der Waals surface area contributed by atoms with Gasteiger partial charge in [0.1, 0.15) is 17.1 Å². The third-order valence-corrected chi connectivity index (χ3v) is 5.45. The van der Waals surface area contributed by atoms with Gasteiger partial charge in [0.15, 0.2) is 5.11 Å². The van der Waals surface area contributed by atoms with Crippen molar-refractivity contribution in [3.63, 3.8) is 0 Å². The van der Waals surface area contributed by atoms with Crippen LogP contribution >= 0.6 is 35.4 Å². The SMILES string of the molecule is O=C(O)CCCCCN1C(=O)/C(=C/c2ccc(-c3cc(Cl)ccc3Cl)o2)C(=O)NC1=S. The Morgan fingerprint density at radius 2 is 1.94 bits per heavy atom. The number of carbonyl (C=O) groups is 3. The second-order valence-corrected chi connectivity index (χ2v) is 8.03. The quantitative estimate of drug-likeness (QED) is 0.249. The second-order valence-electron chi connectivity index (χ2n) is 6.80. The van der Waals surface area contributed by atoms with Gasteiger partial charge in [-0.3, -0.25) is 24.6 Å². The molecule has 31 heavy (non-hydrogen) atoms. The van der Waals surface area contributed by atoms with Gasteiger partial charge in [0.05, 0.1) is 5.02 Å². The predicted octanol–water partition coefficient (Wildman–Crippen LogP) is 4.53. The Balaban J connectivity index is 1.75. The second kappa shape index (κ2) is 10.1. The van der Waals surface area contributed by atoms with Crippen molar-refractivity contribution in [2.75, 3.05) is 6.54 Å². The van der Waals surface area contributed by atoms with Crippen molar-refractivity contribution < 1.29 is 23.9 Å². The maximum Gasteiger partial charge on any atom is 0.303 e. The van der Waals surface area contributed by atoms with E-state index in [-0.39, 0.29) is 23.7 Å². The van der Waals surface area contributed by atoms with Crippen molar-refractivity contribution in [1.29, 1.82) is 0 Å². The zero-order valence-corrected chi connectivity index (χ0v) is 18.5. The molecule has 0 spiro atoms. The number of rotatable bonds is 8. The largest absolute Gasteiger partial charge is 0.481 e. The van der Waals surface area contributed by atoms with Crippen LogP contribution in [-0.2, 0) is 14.4 Å². The van der Waals surface area contributed by atoms with Crippen LogP contribution in [-0.4, -0.2) is 39.4 Å². The summed E-state index contributed by atoms with van der Waals surface area (Å²) in [6, 6.07) is 8.24. The topological polar surface area (TPSA) is 99.8 Å². The van der Waals surface area contributed by atoms with E-state index >= 15 is 0 Å². The van der Waals surface area contributed by atoms with Crippen LogP contribution in [0.3, 0.4) is 0 Å². The van der Waals surface area contributed by atoms with Gasteiger partial charge in [0.2, 0.25) is 0 Å². The molecule has 2 amide bonds. The van der Waals surface area contributed by atoms with E-state index in [1.54, 1.807) is 30.3 Å². The Hall–Kier alpha value is -2.68. The van der Waals surface area contributed by atoms with Crippen LogP contribution in [0, 0.1) is 0 Å².